The Balaban J connectivity index is 1.99. The van der Waals surface area contributed by atoms with Gasteiger partial charge < -0.3 is 9.72 Å². The van der Waals surface area contributed by atoms with Gasteiger partial charge in [0.2, 0.25) is 0 Å². The normalized spacial score (nSPS) is 10.3. The number of esters is 1. The fourth-order valence-electron chi connectivity index (χ4n) is 2.50. The molecule has 6 nitrogen and oxygen atoms in total. The van der Waals surface area contributed by atoms with E-state index in [0.29, 0.717) is 29.1 Å². The summed E-state index contributed by atoms with van der Waals surface area (Å²) in [6.07, 6.45) is 0. The second kappa shape index (κ2) is 7.33. The third-order valence-corrected chi connectivity index (χ3v) is 4.65. The molecule has 3 aromatic rings. The molecule has 0 aliphatic carbocycles. The van der Waals surface area contributed by atoms with Gasteiger partial charge in [-0.2, -0.15) is 5.26 Å². The van der Waals surface area contributed by atoms with Gasteiger partial charge in [-0.1, -0.05) is 12.1 Å². The van der Waals surface area contributed by atoms with Crippen molar-refractivity contribution in [2.24, 2.45) is 0 Å². The number of benzene rings is 1. The van der Waals surface area contributed by atoms with Crippen LogP contribution < -0.4 is 5.56 Å². The lowest BCUT2D eigenvalue weighted by atomic mass is 10.1. The van der Waals surface area contributed by atoms with Gasteiger partial charge in [-0.3, -0.25) is 4.79 Å². The van der Waals surface area contributed by atoms with Crippen molar-refractivity contribution in [2.45, 2.75) is 13.8 Å². The maximum atomic E-state index is 11.9. The zero-order valence-electron chi connectivity index (χ0n) is 14.2. The van der Waals surface area contributed by atoms with Crippen LogP contribution in [0.3, 0.4) is 0 Å². The molecule has 0 amide bonds. The maximum absolute atomic E-state index is 11.9. The minimum absolute atomic E-state index is 0.0458. The first-order valence-electron chi connectivity index (χ1n) is 7.91. The van der Waals surface area contributed by atoms with Crippen molar-refractivity contribution in [3.8, 4) is 27.9 Å². The predicted molar refractivity (Wildman–Crippen MR) is 99.0 cm³/mol. The summed E-state index contributed by atoms with van der Waals surface area (Å²) in [6, 6.07) is 10.5. The molecule has 26 heavy (non-hydrogen) atoms. The van der Waals surface area contributed by atoms with Crippen LogP contribution in [0.25, 0.3) is 21.8 Å². The number of hydrogen-bond donors (Lipinski definition) is 1. The minimum atomic E-state index is -0.411. The van der Waals surface area contributed by atoms with Crippen LogP contribution in [0.2, 0.25) is 0 Å². The third-order valence-electron chi connectivity index (χ3n) is 3.76. The van der Waals surface area contributed by atoms with Gasteiger partial charge in [-0.05, 0) is 32.0 Å². The summed E-state index contributed by atoms with van der Waals surface area (Å²) in [5.41, 5.74) is 2.91. The van der Waals surface area contributed by atoms with Gasteiger partial charge in [-0.25, -0.2) is 9.78 Å². The predicted octanol–water partition coefficient (Wildman–Crippen LogP) is 3.52. The van der Waals surface area contributed by atoms with Crippen molar-refractivity contribution in [3.63, 3.8) is 0 Å². The van der Waals surface area contributed by atoms with E-state index in [-0.39, 0.29) is 11.5 Å². The fraction of sp³-hybridized carbons (Fsp3) is 0.158. The van der Waals surface area contributed by atoms with Crippen LogP contribution in [-0.2, 0) is 4.74 Å². The topological polar surface area (TPSA) is 95.8 Å². The van der Waals surface area contributed by atoms with Crippen molar-refractivity contribution >= 4 is 17.3 Å². The molecule has 2 heterocycles. The quantitative estimate of drug-likeness (QED) is 0.714. The molecule has 0 saturated heterocycles. The molecule has 0 aliphatic rings. The lowest BCUT2D eigenvalue weighted by molar-refractivity contribution is 0.0526. The van der Waals surface area contributed by atoms with Gasteiger partial charge in [0.1, 0.15) is 16.6 Å². The van der Waals surface area contributed by atoms with Crippen molar-refractivity contribution in [1.29, 1.82) is 5.26 Å². The zero-order valence-corrected chi connectivity index (χ0v) is 15.0. The highest BCUT2D eigenvalue weighted by molar-refractivity contribution is 7.13. The van der Waals surface area contributed by atoms with Gasteiger partial charge in [0.25, 0.3) is 5.56 Å². The van der Waals surface area contributed by atoms with E-state index in [0.717, 1.165) is 10.6 Å². The van der Waals surface area contributed by atoms with E-state index >= 15 is 0 Å². The van der Waals surface area contributed by atoms with E-state index in [4.69, 9.17) is 10.00 Å². The third kappa shape index (κ3) is 3.41. The summed E-state index contributed by atoms with van der Waals surface area (Å²) in [4.78, 5) is 30.9. The SMILES string of the molecule is CCOC(=O)c1cccc(-c2nc(-c3cc(C#N)c(=O)[nH]c3C)cs2)c1. The maximum Gasteiger partial charge on any atom is 0.338 e. The Morgan fingerprint density at radius 3 is 2.92 bits per heavy atom. The fourth-order valence-corrected chi connectivity index (χ4v) is 3.31. The zero-order chi connectivity index (χ0) is 18.7. The number of carbonyl (C=O) groups is 1. The largest absolute Gasteiger partial charge is 0.462 e. The molecule has 1 aromatic carbocycles. The molecule has 0 saturated carbocycles. The number of nitriles is 1. The molecule has 2 aromatic heterocycles. The highest BCUT2D eigenvalue weighted by atomic mass is 32.1. The molecular weight excluding hydrogens is 350 g/mol. The Hall–Kier alpha value is -3.24. The average Bonchev–Trinajstić information content (AvgIpc) is 3.12. The number of H-pyrrole nitrogens is 1. The van der Waals surface area contributed by atoms with E-state index in [2.05, 4.69) is 9.97 Å². The number of rotatable bonds is 4. The van der Waals surface area contributed by atoms with Crippen molar-refractivity contribution < 1.29 is 9.53 Å². The lowest BCUT2D eigenvalue weighted by Gasteiger charge is -2.04. The molecule has 130 valence electrons. The second-order valence-corrected chi connectivity index (χ2v) is 6.36. The van der Waals surface area contributed by atoms with E-state index in [9.17, 15) is 9.59 Å². The van der Waals surface area contributed by atoms with E-state index in [1.807, 2.05) is 17.5 Å². The Morgan fingerprint density at radius 1 is 1.38 bits per heavy atom. The molecule has 0 fully saturated rings. The molecular formula is C19H15N3O3S. The number of aromatic amines is 1. The van der Waals surface area contributed by atoms with Gasteiger partial charge in [0.15, 0.2) is 0 Å². The number of aryl methyl sites for hydroxylation is 1. The average molecular weight is 365 g/mol. The van der Waals surface area contributed by atoms with Crippen molar-refractivity contribution in [3.05, 3.63) is 62.9 Å². The summed E-state index contributed by atoms with van der Waals surface area (Å²) in [5.74, 6) is -0.374. The Morgan fingerprint density at radius 2 is 2.19 bits per heavy atom. The first-order valence-corrected chi connectivity index (χ1v) is 8.79. The lowest BCUT2D eigenvalue weighted by Crippen LogP contribution is -2.11. The number of nitrogens with zero attached hydrogens (tertiary/aromatic N) is 2. The number of hydrogen-bond acceptors (Lipinski definition) is 6. The van der Waals surface area contributed by atoms with Crippen molar-refractivity contribution in [1.82, 2.24) is 9.97 Å². The van der Waals surface area contributed by atoms with Crippen LogP contribution in [0, 0.1) is 18.3 Å². The molecule has 0 aliphatic heterocycles. The first kappa shape index (κ1) is 17.6. The minimum Gasteiger partial charge on any atom is -0.462 e. The summed E-state index contributed by atoms with van der Waals surface area (Å²) < 4.78 is 5.03. The molecule has 0 bridgehead atoms. The highest BCUT2D eigenvalue weighted by Crippen LogP contribution is 2.30. The van der Waals surface area contributed by atoms with Crippen LogP contribution >= 0.6 is 11.3 Å². The Kier molecular flexibility index (Phi) is 4.96. The molecule has 3 rings (SSSR count). The smallest absolute Gasteiger partial charge is 0.338 e. The Bertz CT molecular complexity index is 1080. The van der Waals surface area contributed by atoms with Crippen LogP contribution in [0.1, 0.15) is 28.5 Å². The summed E-state index contributed by atoms with van der Waals surface area (Å²) >= 11 is 1.42. The van der Waals surface area contributed by atoms with Crippen molar-refractivity contribution in [2.75, 3.05) is 6.61 Å². The summed E-state index contributed by atoms with van der Waals surface area (Å²) in [5, 5.41) is 11.6. The van der Waals surface area contributed by atoms with E-state index in [1.165, 1.54) is 11.3 Å². The summed E-state index contributed by atoms with van der Waals surface area (Å²) in [7, 11) is 0. The van der Waals surface area contributed by atoms with Crippen LogP contribution in [-0.4, -0.2) is 22.5 Å². The number of ether oxygens (including phenoxy) is 1. The van der Waals surface area contributed by atoms with Crippen LogP contribution in [0.4, 0.5) is 0 Å². The van der Waals surface area contributed by atoms with E-state index < -0.39 is 5.56 Å². The van der Waals surface area contributed by atoms with Crippen LogP contribution in [0.15, 0.2) is 40.5 Å². The molecule has 0 spiro atoms. The van der Waals surface area contributed by atoms with Gasteiger partial charge in [0.05, 0.1) is 17.9 Å². The number of carbonyl (C=O) groups excluding carboxylic acids is 1. The van der Waals surface area contributed by atoms with Crippen LogP contribution in [0.5, 0.6) is 0 Å². The number of aromatic nitrogens is 2. The molecule has 7 heteroatoms. The Labute approximate surface area is 153 Å². The first-order chi connectivity index (χ1) is 12.5. The highest BCUT2D eigenvalue weighted by Gasteiger charge is 2.13. The van der Waals surface area contributed by atoms with Gasteiger partial charge in [0, 0.05) is 22.2 Å². The molecule has 1 N–H and O–H groups in total. The number of pyridine rings is 1. The number of nitrogens with one attached hydrogen (secondary N) is 1. The monoisotopic (exact) mass is 365 g/mol. The summed E-state index contributed by atoms with van der Waals surface area (Å²) in [6.45, 7) is 3.84. The van der Waals surface area contributed by atoms with Gasteiger partial charge >= 0.3 is 5.97 Å². The standard InChI is InChI=1S/C19H15N3O3S/c1-3-25-19(24)13-6-4-5-12(7-13)18-22-16(10-26-18)15-8-14(9-20)17(23)21-11(15)2/h4-8,10H,3H2,1-2H3,(H,21,23). The van der Waals surface area contributed by atoms with Gasteiger partial charge in [-0.15, -0.1) is 11.3 Å². The number of thiazole rings is 1. The molecule has 0 unspecified atom stereocenters. The second-order valence-electron chi connectivity index (χ2n) is 5.50. The molecule has 0 radical (unpaired) electrons. The molecule has 0 atom stereocenters. The van der Waals surface area contributed by atoms with E-state index in [1.54, 1.807) is 38.1 Å².